The van der Waals surface area contributed by atoms with Gasteiger partial charge in [0.25, 0.3) is 0 Å². The van der Waals surface area contributed by atoms with Crippen molar-refractivity contribution in [3.05, 3.63) is 42.0 Å². The van der Waals surface area contributed by atoms with Crippen LogP contribution in [-0.2, 0) is 14.8 Å². The predicted octanol–water partition coefficient (Wildman–Crippen LogP) is 2.49. The number of anilines is 1. The summed E-state index contributed by atoms with van der Waals surface area (Å²) in [5.74, 6) is -0.387. The first-order chi connectivity index (χ1) is 12.8. The standard InChI is InChI=1S/C19H26N4O3S/c1-4-27(25,26)22-11-5-6-16(12-22)19(24)21-17-7-9-18(10-8-17)23-13-20-14(2)15(23)3/h7-10,13,16H,4-6,11-12H2,1-3H3,(H,21,24). The van der Waals surface area contributed by atoms with Crippen LogP contribution < -0.4 is 5.32 Å². The molecule has 0 aliphatic carbocycles. The molecule has 27 heavy (non-hydrogen) atoms. The number of aryl methyl sites for hydroxylation is 1. The maximum atomic E-state index is 12.6. The molecule has 1 aliphatic rings. The SMILES string of the molecule is CCS(=O)(=O)N1CCCC(C(=O)Nc2ccc(-n3cnc(C)c3C)cc2)C1. The number of rotatable bonds is 5. The summed E-state index contributed by atoms with van der Waals surface area (Å²) in [5.41, 5.74) is 3.74. The van der Waals surface area contributed by atoms with Crippen LogP contribution in [0.5, 0.6) is 0 Å². The number of benzene rings is 1. The monoisotopic (exact) mass is 390 g/mol. The first kappa shape index (κ1) is 19.6. The molecule has 1 atom stereocenters. The van der Waals surface area contributed by atoms with Gasteiger partial charge in [-0.1, -0.05) is 0 Å². The summed E-state index contributed by atoms with van der Waals surface area (Å²) in [5, 5.41) is 2.91. The zero-order valence-corrected chi connectivity index (χ0v) is 16.8. The quantitative estimate of drug-likeness (QED) is 0.850. The van der Waals surface area contributed by atoms with Crippen LogP contribution in [0.1, 0.15) is 31.2 Å². The number of amides is 1. The van der Waals surface area contributed by atoms with E-state index in [-0.39, 0.29) is 24.1 Å². The number of sulfonamides is 1. The molecule has 1 fully saturated rings. The molecule has 3 rings (SSSR count). The summed E-state index contributed by atoms with van der Waals surface area (Å²) in [4.78, 5) is 16.9. The van der Waals surface area contributed by atoms with Crippen molar-refractivity contribution in [2.24, 2.45) is 5.92 Å². The summed E-state index contributed by atoms with van der Waals surface area (Å²) in [6.45, 7) is 6.36. The highest BCUT2D eigenvalue weighted by Gasteiger charge is 2.31. The van der Waals surface area contributed by atoms with Crippen LogP contribution in [0.25, 0.3) is 5.69 Å². The highest BCUT2D eigenvalue weighted by atomic mass is 32.2. The number of hydrogen-bond acceptors (Lipinski definition) is 4. The Morgan fingerprint density at radius 1 is 1.26 bits per heavy atom. The van der Waals surface area contributed by atoms with E-state index in [2.05, 4.69) is 10.3 Å². The second kappa shape index (κ2) is 7.82. The average Bonchev–Trinajstić information content (AvgIpc) is 3.01. The number of carbonyl (C=O) groups excluding carboxylic acids is 1. The van der Waals surface area contributed by atoms with Crippen molar-refractivity contribution in [1.82, 2.24) is 13.9 Å². The molecule has 2 heterocycles. The summed E-state index contributed by atoms with van der Waals surface area (Å²) < 4.78 is 27.6. The Morgan fingerprint density at radius 3 is 2.56 bits per heavy atom. The predicted molar refractivity (Wildman–Crippen MR) is 105 cm³/mol. The maximum absolute atomic E-state index is 12.6. The molecule has 1 aliphatic heterocycles. The van der Waals surface area contributed by atoms with Gasteiger partial charge in [0.1, 0.15) is 0 Å². The molecule has 1 amide bonds. The van der Waals surface area contributed by atoms with Gasteiger partial charge in [0.05, 0.1) is 23.7 Å². The van der Waals surface area contributed by atoms with Crippen LogP contribution in [0.2, 0.25) is 0 Å². The second-order valence-corrected chi connectivity index (χ2v) is 9.18. The smallest absolute Gasteiger partial charge is 0.228 e. The Hall–Kier alpha value is -2.19. The van der Waals surface area contributed by atoms with Gasteiger partial charge in [-0.05, 0) is 57.9 Å². The Bertz CT molecular complexity index is 919. The normalized spacial score (nSPS) is 18.4. The minimum absolute atomic E-state index is 0.0654. The molecule has 1 N–H and O–H groups in total. The minimum Gasteiger partial charge on any atom is -0.326 e. The fourth-order valence-electron chi connectivity index (χ4n) is 3.30. The van der Waals surface area contributed by atoms with Crippen LogP contribution in [0, 0.1) is 19.8 Å². The summed E-state index contributed by atoms with van der Waals surface area (Å²) in [6.07, 6.45) is 3.19. The van der Waals surface area contributed by atoms with Crippen LogP contribution in [-0.4, -0.2) is 47.0 Å². The molecular formula is C19H26N4O3S. The fourth-order valence-corrected chi connectivity index (χ4v) is 4.48. The van der Waals surface area contributed by atoms with Crippen molar-refractivity contribution in [3.63, 3.8) is 0 Å². The fraction of sp³-hybridized carbons (Fsp3) is 0.474. The zero-order valence-electron chi connectivity index (χ0n) is 16.0. The van der Waals surface area contributed by atoms with Crippen molar-refractivity contribution < 1.29 is 13.2 Å². The lowest BCUT2D eigenvalue weighted by Gasteiger charge is -2.30. The third kappa shape index (κ3) is 4.22. The molecule has 7 nitrogen and oxygen atoms in total. The number of imidazole rings is 1. The molecule has 0 saturated carbocycles. The van der Waals surface area contributed by atoms with Gasteiger partial charge in [0.2, 0.25) is 15.9 Å². The molecule has 146 valence electrons. The number of hydrogen-bond donors (Lipinski definition) is 1. The Kier molecular flexibility index (Phi) is 5.67. The third-order valence-electron chi connectivity index (χ3n) is 5.18. The second-order valence-electron chi connectivity index (χ2n) is 6.92. The van der Waals surface area contributed by atoms with E-state index in [0.717, 1.165) is 17.1 Å². The van der Waals surface area contributed by atoms with Gasteiger partial charge in [0.15, 0.2) is 0 Å². The van der Waals surface area contributed by atoms with Gasteiger partial charge in [-0.25, -0.2) is 17.7 Å². The first-order valence-electron chi connectivity index (χ1n) is 9.21. The lowest BCUT2D eigenvalue weighted by molar-refractivity contribution is -0.120. The zero-order chi connectivity index (χ0) is 19.6. The Morgan fingerprint density at radius 2 is 1.96 bits per heavy atom. The summed E-state index contributed by atoms with van der Waals surface area (Å²) >= 11 is 0. The number of nitrogens with one attached hydrogen (secondary N) is 1. The van der Waals surface area contributed by atoms with Crippen molar-refractivity contribution in [2.75, 3.05) is 24.2 Å². The van der Waals surface area contributed by atoms with E-state index in [4.69, 9.17) is 0 Å². The summed E-state index contributed by atoms with van der Waals surface area (Å²) in [6, 6.07) is 7.56. The Balaban J connectivity index is 1.66. The van der Waals surface area contributed by atoms with Gasteiger partial charge in [-0.3, -0.25) is 4.79 Å². The van der Waals surface area contributed by atoms with Gasteiger partial charge in [-0.2, -0.15) is 0 Å². The largest absolute Gasteiger partial charge is 0.326 e. The van der Waals surface area contributed by atoms with Crippen molar-refractivity contribution >= 4 is 21.6 Å². The molecule has 8 heteroatoms. The molecule has 1 unspecified atom stereocenters. The Labute approximate surface area is 160 Å². The van der Waals surface area contributed by atoms with Crippen molar-refractivity contribution in [2.45, 2.75) is 33.6 Å². The number of aromatic nitrogens is 2. The van der Waals surface area contributed by atoms with E-state index in [0.29, 0.717) is 25.1 Å². The van der Waals surface area contributed by atoms with Crippen molar-refractivity contribution in [1.29, 1.82) is 0 Å². The molecular weight excluding hydrogens is 364 g/mol. The van der Waals surface area contributed by atoms with Crippen LogP contribution in [0.3, 0.4) is 0 Å². The molecule has 1 saturated heterocycles. The average molecular weight is 391 g/mol. The van der Waals surface area contributed by atoms with E-state index in [1.807, 2.05) is 42.7 Å². The van der Waals surface area contributed by atoms with E-state index in [1.165, 1.54) is 4.31 Å². The molecule has 0 radical (unpaired) electrons. The van der Waals surface area contributed by atoms with Gasteiger partial charge >= 0.3 is 0 Å². The van der Waals surface area contributed by atoms with Gasteiger partial charge in [0, 0.05) is 30.2 Å². The molecule has 0 spiro atoms. The number of nitrogens with zero attached hydrogens (tertiary/aromatic N) is 3. The molecule has 0 bridgehead atoms. The van der Waals surface area contributed by atoms with E-state index in [1.54, 1.807) is 13.3 Å². The lowest BCUT2D eigenvalue weighted by atomic mass is 9.98. The highest BCUT2D eigenvalue weighted by Crippen LogP contribution is 2.22. The number of carbonyl (C=O) groups is 1. The number of piperidine rings is 1. The highest BCUT2D eigenvalue weighted by molar-refractivity contribution is 7.89. The summed E-state index contributed by atoms with van der Waals surface area (Å²) in [7, 11) is -3.25. The molecule has 1 aromatic carbocycles. The third-order valence-corrected chi connectivity index (χ3v) is 7.03. The lowest BCUT2D eigenvalue weighted by Crippen LogP contribution is -2.44. The van der Waals surface area contributed by atoms with Crippen LogP contribution >= 0.6 is 0 Å². The first-order valence-corrected chi connectivity index (χ1v) is 10.8. The topological polar surface area (TPSA) is 84.3 Å². The van der Waals surface area contributed by atoms with Crippen LogP contribution in [0.4, 0.5) is 5.69 Å². The van der Waals surface area contributed by atoms with E-state index < -0.39 is 10.0 Å². The van der Waals surface area contributed by atoms with Crippen molar-refractivity contribution in [3.8, 4) is 5.69 Å². The van der Waals surface area contributed by atoms with E-state index in [9.17, 15) is 13.2 Å². The van der Waals surface area contributed by atoms with Gasteiger partial charge in [-0.15, -0.1) is 0 Å². The van der Waals surface area contributed by atoms with Crippen LogP contribution in [0.15, 0.2) is 30.6 Å². The maximum Gasteiger partial charge on any atom is 0.228 e. The van der Waals surface area contributed by atoms with E-state index >= 15 is 0 Å². The molecule has 2 aromatic rings. The minimum atomic E-state index is -3.25. The van der Waals surface area contributed by atoms with Gasteiger partial charge < -0.3 is 9.88 Å². The molecule has 1 aromatic heterocycles.